The van der Waals surface area contributed by atoms with Crippen molar-refractivity contribution < 1.29 is 9.90 Å². The minimum atomic E-state index is -0.721. The van der Waals surface area contributed by atoms with Crippen molar-refractivity contribution in [3.8, 4) is 0 Å². The summed E-state index contributed by atoms with van der Waals surface area (Å²) in [6, 6.07) is 0. The van der Waals surface area contributed by atoms with E-state index in [1.807, 2.05) is 13.0 Å². The van der Waals surface area contributed by atoms with Gasteiger partial charge in [0.1, 0.15) is 0 Å². The molecule has 0 rings (SSSR count). The van der Waals surface area contributed by atoms with E-state index in [0.717, 1.165) is 19.3 Å². The van der Waals surface area contributed by atoms with Crippen LogP contribution in [0.15, 0.2) is 23.8 Å². The maximum Gasteiger partial charge on any atom is 0.306 e. The van der Waals surface area contributed by atoms with Crippen LogP contribution in [0.4, 0.5) is 0 Å². The lowest BCUT2D eigenvalue weighted by Gasteiger charge is -2.04. The number of carboxylic acid groups (broad SMARTS) is 1. The number of hydrogen-bond acceptors (Lipinski definition) is 1. The molecule has 1 N–H and O–H groups in total. The van der Waals surface area contributed by atoms with Gasteiger partial charge in [-0.05, 0) is 39.5 Å². The van der Waals surface area contributed by atoms with Crippen molar-refractivity contribution in [1.29, 1.82) is 0 Å². The molecule has 15 heavy (non-hydrogen) atoms. The van der Waals surface area contributed by atoms with Gasteiger partial charge in [0, 0.05) is 0 Å². The van der Waals surface area contributed by atoms with Crippen LogP contribution in [0, 0.1) is 5.92 Å². The van der Waals surface area contributed by atoms with Crippen LogP contribution in [-0.4, -0.2) is 11.1 Å². The van der Waals surface area contributed by atoms with Gasteiger partial charge >= 0.3 is 5.97 Å². The molecule has 0 amide bonds. The second kappa shape index (κ2) is 7.27. The summed E-state index contributed by atoms with van der Waals surface area (Å²) in [6.07, 6.45) is 5.88. The molecule has 2 heteroatoms. The molecule has 0 spiro atoms. The van der Waals surface area contributed by atoms with Crippen LogP contribution in [-0.2, 0) is 4.79 Å². The highest BCUT2D eigenvalue weighted by molar-refractivity contribution is 5.69. The van der Waals surface area contributed by atoms with Crippen molar-refractivity contribution >= 4 is 5.97 Å². The predicted molar refractivity (Wildman–Crippen MR) is 63.8 cm³/mol. The number of hydrogen-bond donors (Lipinski definition) is 1. The van der Waals surface area contributed by atoms with Crippen LogP contribution in [0.25, 0.3) is 0 Å². The topological polar surface area (TPSA) is 37.3 Å². The van der Waals surface area contributed by atoms with Gasteiger partial charge < -0.3 is 5.11 Å². The summed E-state index contributed by atoms with van der Waals surface area (Å²) >= 11 is 0. The molecule has 0 heterocycles. The van der Waals surface area contributed by atoms with E-state index >= 15 is 0 Å². The van der Waals surface area contributed by atoms with Crippen molar-refractivity contribution in [2.45, 2.75) is 46.5 Å². The summed E-state index contributed by atoms with van der Waals surface area (Å²) in [5, 5.41) is 8.70. The first-order valence-corrected chi connectivity index (χ1v) is 5.46. The Kier molecular flexibility index (Phi) is 6.76. The number of allylic oxidation sites excluding steroid dienone is 3. The third-order valence-electron chi connectivity index (χ3n) is 2.42. The molecular formula is C13H22O2. The van der Waals surface area contributed by atoms with E-state index in [2.05, 4.69) is 13.5 Å². The van der Waals surface area contributed by atoms with Crippen LogP contribution in [0.5, 0.6) is 0 Å². The molecule has 0 aromatic rings. The smallest absolute Gasteiger partial charge is 0.306 e. The van der Waals surface area contributed by atoms with E-state index in [9.17, 15) is 4.79 Å². The Morgan fingerprint density at radius 2 is 2.00 bits per heavy atom. The van der Waals surface area contributed by atoms with Crippen LogP contribution < -0.4 is 0 Å². The fourth-order valence-electron chi connectivity index (χ4n) is 1.25. The van der Waals surface area contributed by atoms with Crippen LogP contribution in [0.3, 0.4) is 0 Å². The second-order valence-electron chi connectivity index (χ2n) is 4.34. The van der Waals surface area contributed by atoms with E-state index in [1.165, 1.54) is 11.1 Å². The van der Waals surface area contributed by atoms with Crippen molar-refractivity contribution in [3.05, 3.63) is 23.8 Å². The number of carboxylic acids is 1. The third kappa shape index (κ3) is 7.98. The van der Waals surface area contributed by atoms with E-state index in [-0.39, 0.29) is 5.92 Å². The summed E-state index contributed by atoms with van der Waals surface area (Å²) < 4.78 is 0. The molecule has 0 saturated carbocycles. The van der Waals surface area contributed by atoms with Gasteiger partial charge in [-0.3, -0.25) is 4.79 Å². The van der Waals surface area contributed by atoms with Crippen molar-refractivity contribution in [2.24, 2.45) is 5.92 Å². The minimum absolute atomic E-state index is 0.277. The first-order valence-electron chi connectivity index (χ1n) is 5.46. The zero-order valence-corrected chi connectivity index (χ0v) is 10.0. The lowest BCUT2D eigenvalue weighted by molar-refractivity contribution is -0.140. The molecule has 1 atom stereocenters. The van der Waals surface area contributed by atoms with Gasteiger partial charge in [0.15, 0.2) is 0 Å². The van der Waals surface area contributed by atoms with Gasteiger partial charge in [-0.25, -0.2) is 0 Å². The standard InChI is InChI=1S/C13H22O2/c1-10(2)6-5-7-11(3)8-9-12(4)13(14)15/h8,12H,1,5-7,9H2,2-4H3,(H,14,15)/b11-8-. The van der Waals surface area contributed by atoms with Gasteiger partial charge in [0.05, 0.1) is 5.92 Å². The van der Waals surface area contributed by atoms with Crippen molar-refractivity contribution in [3.63, 3.8) is 0 Å². The Hall–Kier alpha value is -1.05. The Balaban J connectivity index is 3.79. The molecule has 0 radical (unpaired) electrons. The maximum absolute atomic E-state index is 10.6. The van der Waals surface area contributed by atoms with Gasteiger partial charge in [0.25, 0.3) is 0 Å². The molecule has 1 unspecified atom stereocenters. The first-order chi connectivity index (χ1) is 6.93. The fourth-order valence-corrected chi connectivity index (χ4v) is 1.25. The Labute approximate surface area is 92.7 Å². The highest BCUT2D eigenvalue weighted by Gasteiger charge is 2.08. The average Bonchev–Trinajstić information content (AvgIpc) is 2.13. The second-order valence-corrected chi connectivity index (χ2v) is 4.34. The quantitative estimate of drug-likeness (QED) is 0.649. The number of rotatable bonds is 7. The van der Waals surface area contributed by atoms with Crippen molar-refractivity contribution in [2.75, 3.05) is 0 Å². The zero-order valence-electron chi connectivity index (χ0n) is 10.0. The van der Waals surface area contributed by atoms with E-state index in [1.54, 1.807) is 6.92 Å². The molecular weight excluding hydrogens is 188 g/mol. The monoisotopic (exact) mass is 210 g/mol. The molecule has 86 valence electrons. The zero-order chi connectivity index (χ0) is 11.8. The SMILES string of the molecule is C=C(C)CCC/C(C)=C\CC(C)C(=O)O. The van der Waals surface area contributed by atoms with Crippen LogP contribution >= 0.6 is 0 Å². The molecule has 0 aromatic carbocycles. The predicted octanol–water partition coefficient (Wildman–Crippen LogP) is 3.79. The molecule has 0 fully saturated rings. The summed E-state index contributed by atoms with van der Waals surface area (Å²) in [5.74, 6) is -0.998. The Morgan fingerprint density at radius 3 is 2.47 bits per heavy atom. The number of carbonyl (C=O) groups is 1. The highest BCUT2D eigenvalue weighted by atomic mass is 16.4. The van der Waals surface area contributed by atoms with Crippen LogP contribution in [0.2, 0.25) is 0 Å². The largest absolute Gasteiger partial charge is 0.481 e. The lowest BCUT2D eigenvalue weighted by atomic mass is 10.0. The molecule has 2 nitrogen and oxygen atoms in total. The summed E-state index contributed by atoms with van der Waals surface area (Å²) in [4.78, 5) is 10.6. The maximum atomic E-state index is 10.6. The summed E-state index contributed by atoms with van der Waals surface area (Å²) in [7, 11) is 0. The molecule has 0 saturated heterocycles. The first kappa shape index (κ1) is 13.9. The molecule has 0 bridgehead atoms. The lowest BCUT2D eigenvalue weighted by Crippen LogP contribution is -2.07. The van der Waals surface area contributed by atoms with E-state index in [4.69, 9.17) is 5.11 Å². The van der Waals surface area contributed by atoms with Gasteiger partial charge in [0.2, 0.25) is 0 Å². The summed E-state index contributed by atoms with van der Waals surface area (Å²) in [6.45, 7) is 9.68. The average molecular weight is 210 g/mol. The molecule has 0 aliphatic rings. The van der Waals surface area contributed by atoms with E-state index < -0.39 is 5.97 Å². The van der Waals surface area contributed by atoms with E-state index in [0.29, 0.717) is 6.42 Å². The molecule has 0 aromatic heterocycles. The normalized spacial score (nSPS) is 13.7. The Bertz CT molecular complexity index is 251. The van der Waals surface area contributed by atoms with Crippen LogP contribution in [0.1, 0.15) is 46.5 Å². The van der Waals surface area contributed by atoms with Gasteiger partial charge in [-0.1, -0.05) is 24.1 Å². The Morgan fingerprint density at radius 1 is 1.40 bits per heavy atom. The van der Waals surface area contributed by atoms with Gasteiger partial charge in [-0.15, -0.1) is 6.58 Å². The fraction of sp³-hybridized carbons (Fsp3) is 0.615. The minimum Gasteiger partial charge on any atom is -0.481 e. The number of aliphatic carboxylic acids is 1. The van der Waals surface area contributed by atoms with Gasteiger partial charge in [-0.2, -0.15) is 0 Å². The highest BCUT2D eigenvalue weighted by Crippen LogP contribution is 2.13. The van der Waals surface area contributed by atoms with Crippen molar-refractivity contribution in [1.82, 2.24) is 0 Å². The molecule has 0 aliphatic heterocycles. The summed E-state index contributed by atoms with van der Waals surface area (Å²) in [5.41, 5.74) is 2.49. The molecule has 0 aliphatic carbocycles. The third-order valence-corrected chi connectivity index (χ3v) is 2.42.